The average molecular weight is 546 g/mol. The van der Waals surface area contributed by atoms with Crippen LogP contribution in [0.5, 0.6) is 5.75 Å². The molecule has 2 fully saturated rings. The summed E-state index contributed by atoms with van der Waals surface area (Å²) in [7, 11) is 1.64. The van der Waals surface area contributed by atoms with Gasteiger partial charge < -0.3 is 24.2 Å². The Labute approximate surface area is 236 Å². The first-order chi connectivity index (χ1) is 19.2. The minimum atomic E-state index is -0.537. The highest BCUT2D eigenvalue weighted by atomic mass is 16.6. The van der Waals surface area contributed by atoms with Crippen molar-refractivity contribution in [1.82, 2.24) is 19.6 Å². The molecule has 212 valence electrons. The summed E-state index contributed by atoms with van der Waals surface area (Å²) in [5.41, 5.74) is 3.06. The number of piperazine rings is 1. The van der Waals surface area contributed by atoms with Crippen LogP contribution in [-0.4, -0.2) is 83.6 Å². The molecule has 0 bridgehead atoms. The summed E-state index contributed by atoms with van der Waals surface area (Å²) < 4.78 is 12.8. The summed E-state index contributed by atoms with van der Waals surface area (Å²) in [6.07, 6.45) is 2.88. The van der Waals surface area contributed by atoms with E-state index in [1.54, 1.807) is 18.2 Å². The lowest BCUT2D eigenvalue weighted by atomic mass is 9.90. The number of amides is 2. The third-order valence-corrected chi connectivity index (χ3v) is 7.58. The molecule has 0 unspecified atom stereocenters. The summed E-state index contributed by atoms with van der Waals surface area (Å²) in [4.78, 5) is 32.6. The van der Waals surface area contributed by atoms with E-state index in [4.69, 9.17) is 14.6 Å². The van der Waals surface area contributed by atoms with Crippen LogP contribution in [0.25, 0.3) is 5.69 Å². The van der Waals surface area contributed by atoms with Crippen LogP contribution in [0.3, 0.4) is 0 Å². The van der Waals surface area contributed by atoms with Crippen LogP contribution >= 0.6 is 0 Å². The van der Waals surface area contributed by atoms with Crippen LogP contribution in [0.15, 0.2) is 60.8 Å². The number of likely N-dealkylation sites (tertiary alicyclic amines) is 1. The number of anilines is 1. The van der Waals surface area contributed by atoms with E-state index in [0.717, 1.165) is 43.1 Å². The fraction of sp³-hybridized carbons (Fsp3) is 0.452. The van der Waals surface area contributed by atoms with E-state index in [9.17, 15) is 9.59 Å². The Kier molecular flexibility index (Phi) is 8.00. The molecular formula is C31H39N5O4. The second-order valence-corrected chi connectivity index (χ2v) is 11.4. The number of methoxy groups -OCH3 is 1. The van der Waals surface area contributed by atoms with Gasteiger partial charge in [-0.3, -0.25) is 4.79 Å². The van der Waals surface area contributed by atoms with Crippen LogP contribution in [0, 0.1) is 0 Å². The molecule has 0 atom stereocenters. The zero-order chi connectivity index (χ0) is 28.3. The number of carbonyl (C=O) groups excluding carboxylic acids is 2. The molecule has 2 saturated heterocycles. The maximum atomic E-state index is 13.9. The van der Waals surface area contributed by atoms with E-state index < -0.39 is 5.60 Å². The number of rotatable bonds is 5. The summed E-state index contributed by atoms with van der Waals surface area (Å²) in [6.45, 7) is 9.63. The largest absolute Gasteiger partial charge is 0.497 e. The first-order valence-electron chi connectivity index (χ1n) is 14.0. The maximum absolute atomic E-state index is 13.9. The van der Waals surface area contributed by atoms with E-state index in [1.165, 1.54) is 5.69 Å². The summed E-state index contributed by atoms with van der Waals surface area (Å²) in [6, 6.07) is 18.0. The van der Waals surface area contributed by atoms with Gasteiger partial charge in [0.15, 0.2) is 0 Å². The standard InChI is InChI=1S/C31H39N5O4/c1-31(2,3)40-30(38)35-16-14-23(15-17-35)28-27(22-32-36(28)25-10-12-26(39-4)13-11-25)29(37)34-20-18-33(19-21-34)24-8-6-5-7-9-24/h5-13,22-23H,14-21H2,1-4H3. The number of nitrogens with zero attached hydrogens (tertiary/aromatic N) is 5. The number of piperidine rings is 1. The highest BCUT2D eigenvalue weighted by Crippen LogP contribution is 2.34. The molecule has 9 nitrogen and oxygen atoms in total. The van der Waals surface area contributed by atoms with Crippen molar-refractivity contribution in [3.05, 3.63) is 72.1 Å². The predicted octanol–water partition coefficient (Wildman–Crippen LogP) is 4.96. The van der Waals surface area contributed by atoms with Gasteiger partial charge in [0.25, 0.3) is 5.91 Å². The van der Waals surface area contributed by atoms with Gasteiger partial charge in [-0.2, -0.15) is 5.10 Å². The third-order valence-electron chi connectivity index (χ3n) is 7.58. The Morgan fingerprint density at radius 3 is 2.08 bits per heavy atom. The lowest BCUT2D eigenvalue weighted by Crippen LogP contribution is -2.49. The molecule has 0 radical (unpaired) electrons. The number of hydrogen-bond acceptors (Lipinski definition) is 6. The zero-order valence-corrected chi connectivity index (χ0v) is 23.9. The summed E-state index contributed by atoms with van der Waals surface area (Å²) >= 11 is 0. The third kappa shape index (κ3) is 6.08. The van der Waals surface area contributed by atoms with E-state index >= 15 is 0 Å². The molecule has 9 heteroatoms. The molecule has 1 aromatic heterocycles. The Balaban J connectivity index is 1.37. The molecule has 2 aliphatic heterocycles. The van der Waals surface area contributed by atoms with Crippen molar-refractivity contribution < 1.29 is 19.1 Å². The number of hydrogen-bond donors (Lipinski definition) is 0. The van der Waals surface area contributed by atoms with Crippen LogP contribution in [0.4, 0.5) is 10.5 Å². The monoisotopic (exact) mass is 545 g/mol. The van der Waals surface area contributed by atoms with Crippen molar-refractivity contribution in [3.63, 3.8) is 0 Å². The number of benzene rings is 2. The molecule has 2 aromatic carbocycles. The molecule has 2 aliphatic rings. The van der Waals surface area contributed by atoms with Gasteiger partial charge in [-0.15, -0.1) is 0 Å². The van der Waals surface area contributed by atoms with Crippen LogP contribution in [0.2, 0.25) is 0 Å². The van der Waals surface area contributed by atoms with Gasteiger partial charge in [-0.1, -0.05) is 18.2 Å². The molecule has 3 heterocycles. The van der Waals surface area contributed by atoms with Crippen LogP contribution < -0.4 is 9.64 Å². The molecule has 0 N–H and O–H groups in total. The first kappa shape index (κ1) is 27.6. The van der Waals surface area contributed by atoms with Gasteiger partial charge >= 0.3 is 6.09 Å². The van der Waals surface area contributed by atoms with Crippen molar-refractivity contribution in [2.45, 2.75) is 45.1 Å². The summed E-state index contributed by atoms with van der Waals surface area (Å²) in [5.74, 6) is 0.848. The molecule has 5 rings (SSSR count). The van der Waals surface area contributed by atoms with Gasteiger partial charge in [0.1, 0.15) is 11.4 Å². The molecule has 0 saturated carbocycles. The molecule has 0 aliphatic carbocycles. The van der Waals surface area contributed by atoms with E-state index in [-0.39, 0.29) is 17.9 Å². The second kappa shape index (κ2) is 11.6. The number of aromatic nitrogens is 2. The minimum Gasteiger partial charge on any atom is -0.497 e. The zero-order valence-electron chi connectivity index (χ0n) is 23.9. The number of para-hydroxylation sites is 1. The van der Waals surface area contributed by atoms with Gasteiger partial charge in [0, 0.05) is 50.9 Å². The van der Waals surface area contributed by atoms with Gasteiger partial charge in [0.2, 0.25) is 0 Å². The number of ether oxygens (including phenoxy) is 2. The Hall–Kier alpha value is -4.01. The summed E-state index contributed by atoms with van der Waals surface area (Å²) in [5, 5.41) is 4.71. The Bertz CT molecular complexity index is 1300. The highest BCUT2D eigenvalue weighted by molar-refractivity contribution is 5.95. The Morgan fingerprint density at radius 2 is 1.48 bits per heavy atom. The van der Waals surface area contributed by atoms with Crippen molar-refractivity contribution >= 4 is 17.7 Å². The van der Waals surface area contributed by atoms with E-state index in [0.29, 0.717) is 31.7 Å². The maximum Gasteiger partial charge on any atom is 0.410 e. The van der Waals surface area contributed by atoms with E-state index in [2.05, 4.69) is 17.0 Å². The number of carbonyl (C=O) groups is 2. The van der Waals surface area contributed by atoms with Crippen molar-refractivity contribution in [3.8, 4) is 11.4 Å². The second-order valence-electron chi connectivity index (χ2n) is 11.4. The molecule has 40 heavy (non-hydrogen) atoms. The minimum absolute atomic E-state index is 0.0112. The van der Waals surface area contributed by atoms with Crippen molar-refractivity contribution in [2.24, 2.45) is 0 Å². The normalized spacial score (nSPS) is 16.6. The Morgan fingerprint density at radius 1 is 0.825 bits per heavy atom. The fourth-order valence-corrected chi connectivity index (χ4v) is 5.48. The highest BCUT2D eigenvalue weighted by Gasteiger charge is 2.34. The van der Waals surface area contributed by atoms with Crippen LogP contribution in [-0.2, 0) is 4.74 Å². The topological polar surface area (TPSA) is 80.1 Å². The molecule has 2 amide bonds. The van der Waals surface area contributed by atoms with Gasteiger partial charge in [-0.05, 0) is 70.0 Å². The lowest BCUT2D eigenvalue weighted by Gasteiger charge is -2.37. The lowest BCUT2D eigenvalue weighted by molar-refractivity contribution is 0.0203. The quantitative estimate of drug-likeness (QED) is 0.451. The van der Waals surface area contributed by atoms with Gasteiger partial charge in [0.05, 0.1) is 30.3 Å². The van der Waals surface area contributed by atoms with Crippen LogP contribution in [0.1, 0.15) is 55.6 Å². The SMILES string of the molecule is COc1ccc(-n2ncc(C(=O)N3CCN(c4ccccc4)CC3)c2C2CCN(C(=O)OC(C)(C)C)CC2)cc1. The fourth-order valence-electron chi connectivity index (χ4n) is 5.48. The predicted molar refractivity (Wildman–Crippen MR) is 154 cm³/mol. The molecule has 0 spiro atoms. The van der Waals surface area contributed by atoms with Crippen molar-refractivity contribution in [2.75, 3.05) is 51.3 Å². The average Bonchev–Trinajstić information content (AvgIpc) is 3.42. The molecular weight excluding hydrogens is 506 g/mol. The smallest absolute Gasteiger partial charge is 0.410 e. The van der Waals surface area contributed by atoms with Crippen molar-refractivity contribution in [1.29, 1.82) is 0 Å². The van der Waals surface area contributed by atoms with Gasteiger partial charge in [-0.25, -0.2) is 9.48 Å². The molecule has 3 aromatic rings. The van der Waals surface area contributed by atoms with E-state index in [1.807, 2.05) is 72.8 Å². The first-order valence-corrected chi connectivity index (χ1v) is 14.0.